The van der Waals surface area contributed by atoms with Gasteiger partial charge in [-0.05, 0) is 79.8 Å². The first-order valence-corrected chi connectivity index (χ1v) is 8.90. The number of ether oxygens (including phenoxy) is 2. The quantitative estimate of drug-likeness (QED) is 0.536. The molecule has 0 aliphatic heterocycles. The molecule has 0 heterocycles. The highest BCUT2D eigenvalue weighted by Crippen LogP contribution is 2.29. The first kappa shape index (κ1) is 18.1. The molecule has 134 valence electrons. The van der Waals surface area contributed by atoms with E-state index < -0.39 is 0 Å². The van der Waals surface area contributed by atoms with Gasteiger partial charge in [-0.15, -0.1) is 0 Å². The van der Waals surface area contributed by atoms with Gasteiger partial charge in [-0.3, -0.25) is 0 Å². The zero-order valence-electron chi connectivity index (χ0n) is 16.2. The predicted octanol–water partition coefficient (Wildman–Crippen LogP) is 6.51. The minimum atomic E-state index is -0.181. The summed E-state index contributed by atoms with van der Waals surface area (Å²) in [5.74, 6) is 1.81. The van der Waals surface area contributed by atoms with Crippen molar-refractivity contribution >= 4 is 0 Å². The molecule has 0 spiro atoms. The molecule has 0 unspecified atom stereocenters. The Balaban J connectivity index is 1.80. The van der Waals surface area contributed by atoms with Crippen LogP contribution in [-0.4, -0.2) is 12.7 Å². The molecule has 2 heteroatoms. The van der Waals surface area contributed by atoms with E-state index in [1.165, 1.54) is 22.3 Å². The predicted molar refractivity (Wildman–Crippen MR) is 109 cm³/mol. The largest absolute Gasteiger partial charge is 0.496 e. The maximum Gasteiger partial charge on any atom is 0.121 e. The van der Waals surface area contributed by atoms with Crippen molar-refractivity contribution in [1.82, 2.24) is 0 Å². The second kappa shape index (κ2) is 7.25. The lowest BCUT2D eigenvalue weighted by Crippen LogP contribution is -2.22. The van der Waals surface area contributed by atoms with Gasteiger partial charge >= 0.3 is 0 Å². The Morgan fingerprint density at radius 1 is 0.654 bits per heavy atom. The minimum Gasteiger partial charge on any atom is -0.496 e. The third-order valence-corrected chi connectivity index (χ3v) is 4.22. The number of benzene rings is 3. The molecule has 0 saturated carbocycles. The Morgan fingerprint density at radius 3 is 1.58 bits per heavy atom. The van der Waals surface area contributed by atoms with Gasteiger partial charge in [-0.2, -0.15) is 0 Å². The Morgan fingerprint density at radius 2 is 1.12 bits per heavy atom. The number of hydrogen-bond acceptors (Lipinski definition) is 2. The molecule has 0 N–H and O–H groups in total. The van der Waals surface area contributed by atoms with E-state index in [0.29, 0.717) is 0 Å². The molecule has 26 heavy (non-hydrogen) atoms. The molecule has 3 aromatic carbocycles. The highest BCUT2D eigenvalue weighted by Gasteiger charge is 2.11. The lowest BCUT2D eigenvalue weighted by Gasteiger charge is -2.21. The summed E-state index contributed by atoms with van der Waals surface area (Å²) < 4.78 is 11.2. The summed E-state index contributed by atoms with van der Waals surface area (Å²) in [7, 11) is 1.70. The maximum absolute atomic E-state index is 5.89. The van der Waals surface area contributed by atoms with Crippen molar-refractivity contribution in [2.45, 2.75) is 33.3 Å². The Labute approximate surface area is 156 Å². The van der Waals surface area contributed by atoms with E-state index >= 15 is 0 Å². The van der Waals surface area contributed by atoms with E-state index in [9.17, 15) is 0 Å². The molecule has 2 nitrogen and oxygen atoms in total. The molecule has 3 aromatic rings. The lowest BCUT2D eigenvalue weighted by atomic mass is 9.99. The smallest absolute Gasteiger partial charge is 0.121 e. The summed E-state index contributed by atoms with van der Waals surface area (Å²) >= 11 is 0. The minimum absolute atomic E-state index is 0.181. The topological polar surface area (TPSA) is 18.5 Å². The van der Waals surface area contributed by atoms with E-state index in [1.807, 2.05) is 18.2 Å². The van der Waals surface area contributed by atoms with Crippen molar-refractivity contribution in [2.75, 3.05) is 7.11 Å². The van der Waals surface area contributed by atoms with Crippen LogP contribution in [0, 0.1) is 6.92 Å². The van der Waals surface area contributed by atoms with E-state index in [2.05, 4.69) is 76.2 Å². The van der Waals surface area contributed by atoms with Gasteiger partial charge < -0.3 is 9.47 Å². The summed E-state index contributed by atoms with van der Waals surface area (Å²) in [5.41, 5.74) is 5.74. The second-order valence-corrected chi connectivity index (χ2v) is 7.50. The fourth-order valence-electron chi connectivity index (χ4n) is 2.98. The third kappa shape index (κ3) is 4.26. The van der Waals surface area contributed by atoms with Crippen molar-refractivity contribution < 1.29 is 9.47 Å². The van der Waals surface area contributed by atoms with Crippen LogP contribution in [0.1, 0.15) is 26.3 Å². The molecular formula is C24H26O2. The van der Waals surface area contributed by atoms with E-state index in [0.717, 1.165) is 17.1 Å². The molecule has 3 rings (SSSR count). The van der Waals surface area contributed by atoms with Gasteiger partial charge in [0.25, 0.3) is 0 Å². The summed E-state index contributed by atoms with van der Waals surface area (Å²) in [4.78, 5) is 0. The van der Waals surface area contributed by atoms with E-state index in [4.69, 9.17) is 9.47 Å². The van der Waals surface area contributed by atoms with Crippen LogP contribution in [0.25, 0.3) is 22.3 Å². The van der Waals surface area contributed by atoms with Crippen molar-refractivity contribution in [1.29, 1.82) is 0 Å². The Hall–Kier alpha value is -2.74. The van der Waals surface area contributed by atoms with Gasteiger partial charge in [0.2, 0.25) is 0 Å². The third-order valence-electron chi connectivity index (χ3n) is 4.22. The SMILES string of the molecule is COc1ccc(-c2ccc(-c3ccc(OC(C)(C)C)cc3)cc2)cc1C. The highest BCUT2D eigenvalue weighted by molar-refractivity contribution is 5.71. The fourth-order valence-corrected chi connectivity index (χ4v) is 2.98. The van der Waals surface area contributed by atoms with Crippen molar-refractivity contribution in [2.24, 2.45) is 0 Å². The monoisotopic (exact) mass is 346 g/mol. The number of hydrogen-bond donors (Lipinski definition) is 0. The summed E-state index contributed by atoms with van der Waals surface area (Å²) in [6.45, 7) is 8.24. The van der Waals surface area contributed by atoms with Gasteiger partial charge in [0, 0.05) is 0 Å². The standard InChI is InChI=1S/C24H26O2/c1-17-16-21(12-15-23(17)25-5)20-8-6-18(7-9-20)19-10-13-22(14-11-19)26-24(2,3)4/h6-16H,1-5H3. The van der Waals surface area contributed by atoms with Gasteiger partial charge in [0.1, 0.15) is 17.1 Å². The highest BCUT2D eigenvalue weighted by atomic mass is 16.5. The molecular weight excluding hydrogens is 320 g/mol. The zero-order valence-corrected chi connectivity index (χ0v) is 16.2. The average molecular weight is 346 g/mol. The van der Waals surface area contributed by atoms with Gasteiger partial charge in [-0.1, -0.05) is 42.5 Å². The Kier molecular flexibility index (Phi) is 5.03. The van der Waals surface area contributed by atoms with Crippen LogP contribution >= 0.6 is 0 Å². The van der Waals surface area contributed by atoms with Gasteiger partial charge in [0.15, 0.2) is 0 Å². The fraction of sp³-hybridized carbons (Fsp3) is 0.250. The maximum atomic E-state index is 5.89. The molecule has 0 saturated heterocycles. The molecule has 0 radical (unpaired) electrons. The molecule has 0 aliphatic carbocycles. The molecule has 0 atom stereocenters. The van der Waals surface area contributed by atoms with Crippen molar-refractivity contribution in [3.8, 4) is 33.8 Å². The molecule has 0 bridgehead atoms. The Bertz CT molecular complexity index is 870. The summed E-state index contributed by atoms with van der Waals surface area (Å²) in [5, 5.41) is 0. The van der Waals surface area contributed by atoms with Crippen LogP contribution in [0.3, 0.4) is 0 Å². The molecule has 0 aromatic heterocycles. The normalized spacial score (nSPS) is 11.3. The van der Waals surface area contributed by atoms with Crippen LogP contribution in [0.15, 0.2) is 66.7 Å². The zero-order chi connectivity index (χ0) is 18.7. The van der Waals surface area contributed by atoms with Crippen molar-refractivity contribution in [3.05, 3.63) is 72.3 Å². The average Bonchev–Trinajstić information content (AvgIpc) is 2.61. The molecule has 0 amide bonds. The number of aryl methyl sites for hydroxylation is 1. The van der Waals surface area contributed by atoms with Crippen LogP contribution in [0.4, 0.5) is 0 Å². The first-order chi connectivity index (χ1) is 12.4. The van der Waals surface area contributed by atoms with Crippen molar-refractivity contribution in [3.63, 3.8) is 0 Å². The molecule has 0 aliphatic rings. The second-order valence-electron chi connectivity index (χ2n) is 7.50. The first-order valence-electron chi connectivity index (χ1n) is 8.90. The van der Waals surface area contributed by atoms with Crippen LogP contribution in [0.2, 0.25) is 0 Å². The van der Waals surface area contributed by atoms with Crippen LogP contribution in [-0.2, 0) is 0 Å². The molecule has 0 fully saturated rings. The van der Waals surface area contributed by atoms with Gasteiger partial charge in [0.05, 0.1) is 7.11 Å². The van der Waals surface area contributed by atoms with E-state index in [1.54, 1.807) is 7.11 Å². The number of rotatable bonds is 4. The van der Waals surface area contributed by atoms with Crippen LogP contribution in [0.5, 0.6) is 11.5 Å². The number of methoxy groups -OCH3 is 1. The summed E-state index contributed by atoms with van der Waals surface area (Å²) in [6.07, 6.45) is 0. The summed E-state index contributed by atoms with van der Waals surface area (Å²) in [6, 6.07) is 23.2. The van der Waals surface area contributed by atoms with Gasteiger partial charge in [-0.25, -0.2) is 0 Å². The lowest BCUT2D eigenvalue weighted by molar-refractivity contribution is 0.131. The van der Waals surface area contributed by atoms with E-state index in [-0.39, 0.29) is 5.60 Å². The van der Waals surface area contributed by atoms with Crippen LogP contribution < -0.4 is 9.47 Å².